The number of halogens is 1. The largest absolute Gasteiger partial charge is 0.350 e. The Morgan fingerprint density at radius 1 is 1.22 bits per heavy atom. The van der Waals surface area contributed by atoms with Gasteiger partial charge in [0.1, 0.15) is 0 Å². The normalized spacial score (nSPS) is 15.7. The predicted molar refractivity (Wildman–Crippen MR) is 96.5 cm³/mol. The van der Waals surface area contributed by atoms with Crippen LogP contribution in [0.4, 0.5) is 0 Å². The second-order valence-corrected chi connectivity index (χ2v) is 6.97. The van der Waals surface area contributed by atoms with Crippen molar-refractivity contribution in [2.45, 2.75) is 25.9 Å². The summed E-state index contributed by atoms with van der Waals surface area (Å²) in [5, 5.41) is 3.05. The molecule has 1 heterocycles. The van der Waals surface area contributed by atoms with Crippen LogP contribution < -0.4 is 5.32 Å². The van der Waals surface area contributed by atoms with Gasteiger partial charge in [0.25, 0.3) is 5.91 Å². The smallest absolute Gasteiger partial charge is 0.251 e. The number of hydrogen-bond acceptors (Lipinski definition) is 2. The van der Waals surface area contributed by atoms with Gasteiger partial charge >= 0.3 is 0 Å². The highest BCUT2D eigenvalue weighted by atomic mass is 79.9. The van der Waals surface area contributed by atoms with Crippen LogP contribution in [0.25, 0.3) is 0 Å². The summed E-state index contributed by atoms with van der Waals surface area (Å²) < 4.78 is 0.922. The molecule has 1 aliphatic heterocycles. The highest BCUT2D eigenvalue weighted by Gasteiger charge is 2.20. The van der Waals surface area contributed by atoms with Gasteiger partial charge in [0, 0.05) is 35.7 Å². The molecule has 3 rings (SSSR count). The van der Waals surface area contributed by atoms with E-state index in [1.807, 2.05) is 24.3 Å². The zero-order valence-electron chi connectivity index (χ0n) is 13.3. The lowest BCUT2D eigenvalue weighted by molar-refractivity contribution is 0.0932. The molecule has 3 nitrogen and oxygen atoms in total. The minimum atomic E-state index is -0.0180. The fraction of sp³-hybridized carbons (Fsp3) is 0.316. The lowest BCUT2D eigenvalue weighted by atomic mass is 9.99. The van der Waals surface area contributed by atoms with Crippen molar-refractivity contribution in [1.82, 2.24) is 10.2 Å². The van der Waals surface area contributed by atoms with E-state index in [0.717, 1.165) is 24.0 Å². The number of rotatable bonds is 4. The molecular formula is C19H21BrN2O. The van der Waals surface area contributed by atoms with Crippen molar-refractivity contribution in [3.05, 3.63) is 69.7 Å². The van der Waals surface area contributed by atoms with E-state index in [1.54, 1.807) is 0 Å². The minimum absolute atomic E-state index is 0.0180. The van der Waals surface area contributed by atoms with Gasteiger partial charge in [-0.1, -0.05) is 46.3 Å². The Balaban J connectivity index is 1.56. The molecule has 0 aromatic heterocycles. The topological polar surface area (TPSA) is 32.3 Å². The third-order valence-corrected chi connectivity index (χ3v) is 4.92. The molecule has 0 aliphatic carbocycles. The Bertz CT molecular complexity index is 701. The number of hydrogen-bond donors (Lipinski definition) is 1. The van der Waals surface area contributed by atoms with E-state index < -0.39 is 0 Å². The van der Waals surface area contributed by atoms with Crippen LogP contribution in [-0.2, 0) is 13.0 Å². The van der Waals surface area contributed by atoms with Crippen LogP contribution >= 0.6 is 15.9 Å². The van der Waals surface area contributed by atoms with Crippen molar-refractivity contribution in [3.63, 3.8) is 0 Å². The fourth-order valence-electron chi connectivity index (χ4n) is 3.00. The first kappa shape index (κ1) is 16.2. The second-order valence-electron chi connectivity index (χ2n) is 6.06. The molecule has 2 aromatic rings. The number of nitrogens with one attached hydrogen (secondary N) is 1. The first-order valence-corrected chi connectivity index (χ1v) is 8.77. The van der Waals surface area contributed by atoms with Gasteiger partial charge in [-0.15, -0.1) is 0 Å². The summed E-state index contributed by atoms with van der Waals surface area (Å²) in [5.74, 6) is -0.0180. The van der Waals surface area contributed by atoms with E-state index in [1.165, 1.54) is 11.1 Å². The zero-order chi connectivity index (χ0) is 16.2. The quantitative estimate of drug-likeness (QED) is 0.888. The summed E-state index contributed by atoms with van der Waals surface area (Å²) in [4.78, 5) is 14.7. The molecule has 0 fully saturated rings. The maximum Gasteiger partial charge on any atom is 0.251 e. The minimum Gasteiger partial charge on any atom is -0.350 e. The predicted octanol–water partition coefficient (Wildman–Crippen LogP) is 3.63. The molecule has 0 saturated heterocycles. The summed E-state index contributed by atoms with van der Waals surface area (Å²) in [5.41, 5.74) is 3.55. The Labute approximate surface area is 145 Å². The number of nitrogens with zero attached hydrogens (tertiary/aromatic N) is 1. The third-order valence-electron chi connectivity index (χ3n) is 4.43. The average Bonchev–Trinajstić information content (AvgIpc) is 2.59. The van der Waals surface area contributed by atoms with Crippen LogP contribution in [0.2, 0.25) is 0 Å². The standard InChI is InChI=1S/C19H21BrN2O/c1-14(12-21-19(23)16-7-4-8-18(20)11-16)22-10-9-15-5-2-3-6-17(15)13-22/h2-8,11,14H,9-10,12-13H2,1H3,(H,21,23). The monoisotopic (exact) mass is 372 g/mol. The average molecular weight is 373 g/mol. The number of carbonyl (C=O) groups is 1. The summed E-state index contributed by atoms with van der Waals surface area (Å²) in [7, 11) is 0. The van der Waals surface area contributed by atoms with Crippen molar-refractivity contribution in [1.29, 1.82) is 0 Å². The molecule has 120 valence electrons. The van der Waals surface area contributed by atoms with E-state index in [-0.39, 0.29) is 5.91 Å². The van der Waals surface area contributed by atoms with Crippen LogP contribution in [0.3, 0.4) is 0 Å². The highest BCUT2D eigenvalue weighted by molar-refractivity contribution is 9.10. The molecule has 23 heavy (non-hydrogen) atoms. The molecule has 1 amide bonds. The lowest BCUT2D eigenvalue weighted by Crippen LogP contribution is -2.44. The van der Waals surface area contributed by atoms with Gasteiger partial charge < -0.3 is 5.32 Å². The molecule has 0 spiro atoms. The van der Waals surface area contributed by atoms with Crippen LogP contribution in [-0.4, -0.2) is 29.9 Å². The maximum atomic E-state index is 12.2. The molecule has 2 aromatic carbocycles. The maximum absolute atomic E-state index is 12.2. The molecule has 1 atom stereocenters. The van der Waals surface area contributed by atoms with Gasteiger partial charge in [-0.2, -0.15) is 0 Å². The SMILES string of the molecule is CC(CNC(=O)c1cccc(Br)c1)N1CCc2ccccc2C1. The zero-order valence-corrected chi connectivity index (χ0v) is 14.8. The fourth-order valence-corrected chi connectivity index (χ4v) is 3.39. The van der Waals surface area contributed by atoms with Crippen molar-refractivity contribution in [2.75, 3.05) is 13.1 Å². The van der Waals surface area contributed by atoms with E-state index >= 15 is 0 Å². The molecule has 1 N–H and O–H groups in total. The number of carbonyl (C=O) groups excluding carboxylic acids is 1. The Hall–Kier alpha value is -1.65. The summed E-state index contributed by atoms with van der Waals surface area (Å²) in [6.45, 7) is 4.84. The first-order valence-electron chi connectivity index (χ1n) is 7.98. The highest BCUT2D eigenvalue weighted by Crippen LogP contribution is 2.20. The third kappa shape index (κ3) is 4.01. The molecule has 0 radical (unpaired) electrons. The van der Waals surface area contributed by atoms with Crippen LogP contribution in [0, 0.1) is 0 Å². The molecule has 1 unspecified atom stereocenters. The second kappa shape index (κ2) is 7.28. The van der Waals surface area contributed by atoms with E-state index in [0.29, 0.717) is 18.2 Å². The Morgan fingerprint density at radius 2 is 2.00 bits per heavy atom. The summed E-state index contributed by atoms with van der Waals surface area (Å²) in [6.07, 6.45) is 1.08. The Kier molecular flexibility index (Phi) is 5.13. The van der Waals surface area contributed by atoms with E-state index in [9.17, 15) is 4.79 Å². The Morgan fingerprint density at radius 3 is 2.78 bits per heavy atom. The van der Waals surface area contributed by atoms with Gasteiger partial charge in [0.2, 0.25) is 0 Å². The number of fused-ring (bicyclic) bond motifs is 1. The molecule has 4 heteroatoms. The summed E-state index contributed by atoms with van der Waals surface area (Å²) in [6, 6.07) is 16.4. The van der Waals surface area contributed by atoms with Crippen LogP contribution in [0.1, 0.15) is 28.4 Å². The van der Waals surface area contributed by atoms with Crippen molar-refractivity contribution in [2.24, 2.45) is 0 Å². The van der Waals surface area contributed by atoms with Gasteiger partial charge in [-0.25, -0.2) is 0 Å². The molecular weight excluding hydrogens is 352 g/mol. The van der Waals surface area contributed by atoms with Crippen LogP contribution in [0.15, 0.2) is 53.0 Å². The molecule has 0 saturated carbocycles. The van der Waals surface area contributed by atoms with Crippen molar-refractivity contribution in [3.8, 4) is 0 Å². The van der Waals surface area contributed by atoms with Gasteiger partial charge in [-0.3, -0.25) is 9.69 Å². The molecule has 1 aliphatic rings. The van der Waals surface area contributed by atoms with E-state index in [2.05, 4.69) is 57.3 Å². The first-order chi connectivity index (χ1) is 11.1. The van der Waals surface area contributed by atoms with Crippen LogP contribution in [0.5, 0.6) is 0 Å². The summed E-state index contributed by atoms with van der Waals surface area (Å²) >= 11 is 3.40. The van der Waals surface area contributed by atoms with Crippen molar-refractivity contribution < 1.29 is 4.79 Å². The van der Waals surface area contributed by atoms with E-state index in [4.69, 9.17) is 0 Å². The number of amides is 1. The van der Waals surface area contributed by atoms with Gasteiger partial charge in [0.15, 0.2) is 0 Å². The number of benzene rings is 2. The molecule has 0 bridgehead atoms. The van der Waals surface area contributed by atoms with Crippen molar-refractivity contribution >= 4 is 21.8 Å². The lowest BCUT2D eigenvalue weighted by Gasteiger charge is -2.33. The van der Waals surface area contributed by atoms with Gasteiger partial charge in [-0.05, 0) is 42.7 Å². The van der Waals surface area contributed by atoms with Gasteiger partial charge in [0.05, 0.1) is 0 Å².